The van der Waals surface area contributed by atoms with Crippen molar-refractivity contribution in [3.63, 3.8) is 0 Å². The van der Waals surface area contributed by atoms with Crippen LogP contribution in [0.2, 0.25) is 0 Å². The van der Waals surface area contributed by atoms with Crippen LogP contribution in [0.15, 0.2) is 241 Å². The lowest BCUT2D eigenvalue weighted by Gasteiger charge is -2.38. The first-order valence-corrected chi connectivity index (χ1v) is 23.9. The van der Waals surface area contributed by atoms with Gasteiger partial charge in [-0.3, -0.25) is 0 Å². The minimum atomic E-state index is 0.134. The number of hydrogen-bond acceptors (Lipinski definition) is 1. The van der Waals surface area contributed by atoms with E-state index in [4.69, 9.17) is 0 Å². The monoisotopic (exact) mass is 833 g/mol. The minimum absolute atomic E-state index is 0.134. The number of rotatable bonds is 12. The molecule has 64 heavy (non-hydrogen) atoms. The molecule has 0 radical (unpaired) electrons. The van der Waals surface area contributed by atoms with Crippen molar-refractivity contribution in [2.75, 3.05) is 6.54 Å². The van der Waals surface area contributed by atoms with Gasteiger partial charge in [0.25, 0.3) is 0 Å². The molecule has 0 saturated heterocycles. The molecular formula is C63H63N. The summed E-state index contributed by atoms with van der Waals surface area (Å²) < 4.78 is 0. The molecule has 1 heterocycles. The van der Waals surface area contributed by atoms with E-state index >= 15 is 0 Å². The van der Waals surface area contributed by atoms with Crippen LogP contribution in [0.4, 0.5) is 0 Å². The van der Waals surface area contributed by atoms with Gasteiger partial charge in [-0.15, -0.1) is 0 Å². The van der Waals surface area contributed by atoms with Crippen LogP contribution in [0.3, 0.4) is 0 Å². The lowest BCUT2D eigenvalue weighted by molar-refractivity contribution is 0.304. The third-order valence-electron chi connectivity index (χ3n) is 14.2. The zero-order valence-electron chi connectivity index (χ0n) is 37.8. The van der Waals surface area contributed by atoms with E-state index in [2.05, 4.69) is 226 Å². The zero-order valence-corrected chi connectivity index (χ0v) is 37.8. The van der Waals surface area contributed by atoms with Crippen molar-refractivity contribution in [1.82, 2.24) is 4.90 Å². The highest BCUT2D eigenvalue weighted by Gasteiger charge is 2.34. The highest BCUT2D eigenvalue weighted by molar-refractivity contribution is 5.90. The lowest BCUT2D eigenvalue weighted by atomic mass is 9.67. The molecule has 0 amide bonds. The number of fused-ring (bicyclic) bond motifs is 1. The van der Waals surface area contributed by atoms with E-state index < -0.39 is 0 Å². The number of hydrogen-bond donors (Lipinski definition) is 0. The summed E-state index contributed by atoms with van der Waals surface area (Å²) in [6, 6.07) is 46.8. The molecule has 5 unspecified atom stereocenters. The topological polar surface area (TPSA) is 3.24 Å². The van der Waals surface area contributed by atoms with Gasteiger partial charge in [0.05, 0.1) is 6.04 Å². The highest BCUT2D eigenvalue weighted by atomic mass is 15.2. The zero-order chi connectivity index (χ0) is 43.7. The van der Waals surface area contributed by atoms with Gasteiger partial charge in [0, 0.05) is 24.1 Å². The van der Waals surface area contributed by atoms with E-state index in [0.717, 1.165) is 25.8 Å². The third kappa shape index (κ3) is 9.41. The van der Waals surface area contributed by atoms with Gasteiger partial charge >= 0.3 is 0 Å². The summed E-state index contributed by atoms with van der Waals surface area (Å²) in [6.07, 6.45) is 39.1. The van der Waals surface area contributed by atoms with Crippen LogP contribution in [0.5, 0.6) is 0 Å². The fourth-order valence-corrected chi connectivity index (χ4v) is 10.9. The predicted molar refractivity (Wildman–Crippen MR) is 275 cm³/mol. The SMILES string of the molecule is C=C/C=C(/C(=C\C=C/C)c1ccc2ccccc2c1)C1CCCCC1C1=CC=C(C2=CC(C3=CCC(c4ccccc4)C=C3)C=CC(c3ccc(-c4ccccc4)cc3)N2CC)CC1. The van der Waals surface area contributed by atoms with Crippen molar-refractivity contribution < 1.29 is 0 Å². The Morgan fingerprint density at radius 2 is 1.47 bits per heavy atom. The smallest absolute Gasteiger partial charge is 0.0726 e. The van der Waals surface area contributed by atoms with E-state index in [-0.39, 0.29) is 12.0 Å². The molecule has 1 heteroatoms. The average molecular weight is 834 g/mol. The molecule has 1 fully saturated rings. The summed E-state index contributed by atoms with van der Waals surface area (Å²) >= 11 is 0. The first kappa shape index (κ1) is 42.8. The molecule has 3 aliphatic carbocycles. The molecule has 1 aliphatic heterocycles. The summed E-state index contributed by atoms with van der Waals surface area (Å²) in [6.45, 7) is 9.62. The predicted octanol–water partition coefficient (Wildman–Crippen LogP) is 16.8. The van der Waals surface area contributed by atoms with Crippen LogP contribution in [-0.4, -0.2) is 11.4 Å². The Kier molecular flexibility index (Phi) is 13.6. The quantitative estimate of drug-likeness (QED) is 0.0894. The summed E-state index contributed by atoms with van der Waals surface area (Å²) in [7, 11) is 0. The molecule has 5 aromatic rings. The Hall–Kier alpha value is -6.44. The standard InChI is InChI=1S/C63H63N/c1-4-7-25-59(57-41-34-48-23-14-15-24-55(48)44-57)60(18-5-2)61-27-17-16-26-58(61)52-35-39-54(40-36-52)63-45-56(51-30-28-49(29-31-51)46-19-10-8-11-20-46)42-43-62(64(63)6-3)53-37-32-50(33-38-53)47-21-12-9-13-22-47/h4-5,7-15,18-25,28,30-35,37-39,41-45,49,56,58,61-62H,2,6,16-17,26-27,29,36,40H2,1,3H3/b7-4-,59-25-,60-18-. The maximum Gasteiger partial charge on any atom is 0.0726 e. The van der Waals surface area contributed by atoms with Crippen molar-refractivity contribution in [2.45, 2.75) is 70.8 Å². The molecule has 0 aromatic heterocycles. The van der Waals surface area contributed by atoms with Gasteiger partial charge in [0.15, 0.2) is 0 Å². The number of nitrogens with zero attached hydrogens (tertiary/aromatic N) is 1. The first-order valence-electron chi connectivity index (χ1n) is 23.9. The number of benzene rings is 5. The molecule has 0 spiro atoms. The molecule has 5 atom stereocenters. The molecule has 0 bridgehead atoms. The van der Waals surface area contributed by atoms with Crippen LogP contribution in [-0.2, 0) is 0 Å². The Morgan fingerprint density at radius 1 is 0.719 bits per heavy atom. The van der Waals surface area contributed by atoms with Crippen LogP contribution >= 0.6 is 0 Å². The Morgan fingerprint density at radius 3 is 2.19 bits per heavy atom. The number of allylic oxidation sites excluding steroid dienone is 17. The molecule has 4 aliphatic rings. The first-order chi connectivity index (χ1) is 31.6. The summed E-state index contributed by atoms with van der Waals surface area (Å²) in [5.41, 5.74) is 15.1. The highest BCUT2D eigenvalue weighted by Crippen LogP contribution is 2.47. The fourth-order valence-electron chi connectivity index (χ4n) is 10.9. The summed E-state index contributed by atoms with van der Waals surface area (Å²) in [5, 5.41) is 2.56. The van der Waals surface area contributed by atoms with Gasteiger partial charge < -0.3 is 4.90 Å². The van der Waals surface area contributed by atoms with Gasteiger partial charge in [0.2, 0.25) is 0 Å². The molecule has 1 saturated carbocycles. The molecule has 9 rings (SSSR count). The summed E-state index contributed by atoms with van der Waals surface area (Å²) in [4.78, 5) is 2.66. The second kappa shape index (κ2) is 20.4. The van der Waals surface area contributed by atoms with Gasteiger partial charge in [-0.05, 0) is 131 Å². The average Bonchev–Trinajstić information content (AvgIpc) is 3.57. The molecule has 0 N–H and O–H groups in total. The maximum absolute atomic E-state index is 4.26. The van der Waals surface area contributed by atoms with Crippen molar-refractivity contribution in [1.29, 1.82) is 0 Å². The van der Waals surface area contributed by atoms with Crippen molar-refractivity contribution >= 4 is 16.3 Å². The fraction of sp³-hybridized carbons (Fsp3) is 0.238. The van der Waals surface area contributed by atoms with Crippen LogP contribution < -0.4 is 0 Å². The largest absolute Gasteiger partial charge is 0.361 e. The van der Waals surface area contributed by atoms with Crippen molar-refractivity contribution in [3.05, 3.63) is 258 Å². The van der Waals surface area contributed by atoms with Gasteiger partial charge in [-0.25, -0.2) is 0 Å². The molecular weight excluding hydrogens is 771 g/mol. The second-order valence-corrected chi connectivity index (χ2v) is 18.0. The molecule has 320 valence electrons. The Balaban J connectivity index is 1.05. The van der Waals surface area contributed by atoms with Crippen LogP contribution in [0.25, 0.3) is 27.5 Å². The van der Waals surface area contributed by atoms with Crippen LogP contribution in [0.1, 0.15) is 87.4 Å². The Bertz CT molecular complexity index is 2710. The van der Waals surface area contributed by atoms with Crippen LogP contribution in [0, 0.1) is 17.8 Å². The van der Waals surface area contributed by atoms with Crippen molar-refractivity contribution in [3.8, 4) is 11.1 Å². The second-order valence-electron chi connectivity index (χ2n) is 18.0. The summed E-state index contributed by atoms with van der Waals surface area (Å²) in [5.74, 6) is 1.55. The van der Waals surface area contributed by atoms with Crippen molar-refractivity contribution in [2.24, 2.45) is 17.8 Å². The van der Waals surface area contributed by atoms with E-state index in [1.54, 1.807) is 5.57 Å². The maximum atomic E-state index is 4.26. The van der Waals surface area contributed by atoms with E-state index in [9.17, 15) is 0 Å². The van der Waals surface area contributed by atoms with E-state index in [1.807, 2.05) is 6.08 Å². The number of likely N-dealkylation sites (N-methyl/N-ethyl adjacent to an activating group) is 1. The lowest BCUT2D eigenvalue weighted by Crippen LogP contribution is -2.28. The Labute approximate surface area is 383 Å². The molecule has 1 nitrogen and oxygen atoms in total. The van der Waals surface area contributed by atoms with Gasteiger partial charge in [0.1, 0.15) is 0 Å². The normalized spacial score (nSPS) is 23.0. The minimum Gasteiger partial charge on any atom is -0.361 e. The van der Waals surface area contributed by atoms with Gasteiger partial charge in [-0.2, -0.15) is 0 Å². The van der Waals surface area contributed by atoms with E-state index in [1.165, 1.54) is 92.3 Å². The molecule has 5 aromatic carbocycles. The van der Waals surface area contributed by atoms with E-state index in [0.29, 0.717) is 17.8 Å². The van der Waals surface area contributed by atoms with Gasteiger partial charge in [-0.1, -0.05) is 219 Å². The third-order valence-corrected chi connectivity index (χ3v) is 14.2.